The number of hydrogen-bond acceptors (Lipinski definition) is 2. The van der Waals surface area contributed by atoms with E-state index in [1.165, 1.54) is 64.6 Å². The van der Waals surface area contributed by atoms with E-state index in [4.69, 9.17) is 5.73 Å². The van der Waals surface area contributed by atoms with Gasteiger partial charge in [-0.25, -0.2) is 0 Å². The average Bonchev–Trinajstić information content (AvgIpc) is 2.37. The van der Waals surface area contributed by atoms with Crippen LogP contribution in [0.1, 0.15) is 51.4 Å². The number of rotatable bonds is 1. The normalized spacial score (nSPS) is 53.8. The molecule has 108 valence electrons. The summed E-state index contributed by atoms with van der Waals surface area (Å²) in [7, 11) is 0. The van der Waals surface area contributed by atoms with E-state index < -0.39 is 0 Å². The molecule has 2 heterocycles. The molecule has 4 aliphatic rings. The third-order valence-electron chi connectivity index (χ3n) is 6.73. The summed E-state index contributed by atoms with van der Waals surface area (Å²) in [6, 6.07) is 0.523. The lowest BCUT2D eigenvalue weighted by Gasteiger charge is -2.52. The van der Waals surface area contributed by atoms with Crippen LogP contribution in [0.15, 0.2) is 0 Å². The van der Waals surface area contributed by atoms with Gasteiger partial charge in [-0.1, -0.05) is 19.3 Å². The maximum absolute atomic E-state index is 6.30. The molecule has 4 bridgehead atoms. The molecule has 2 saturated carbocycles. The zero-order chi connectivity index (χ0) is 12.8. The number of hydrogen-bond donors (Lipinski definition) is 1. The van der Waals surface area contributed by atoms with Gasteiger partial charge in [0.05, 0.1) is 0 Å². The molecule has 5 atom stereocenters. The summed E-state index contributed by atoms with van der Waals surface area (Å²) in [4.78, 5) is 2.78. The first-order valence-corrected chi connectivity index (χ1v) is 8.77. The van der Waals surface area contributed by atoms with Gasteiger partial charge in [-0.05, 0) is 68.2 Å². The second-order valence-electron chi connectivity index (χ2n) is 8.02. The number of nitrogens with zero attached hydrogens (tertiary/aromatic N) is 1. The van der Waals surface area contributed by atoms with Gasteiger partial charge < -0.3 is 10.6 Å². The standard InChI is InChI=1S/C17H30N2/c18-16-8-13-4-1-5-14(9-16)17(13)15-7-12-3-2-6-19(10-12)11-15/h12-17H,1-11,18H2. The lowest BCUT2D eigenvalue weighted by molar-refractivity contribution is -0.0233. The fourth-order valence-corrected chi connectivity index (χ4v) is 6.23. The maximum atomic E-state index is 6.30. The number of fused-ring (bicyclic) bond motifs is 4. The topological polar surface area (TPSA) is 29.3 Å². The van der Waals surface area contributed by atoms with Gasteiger partial charge in [0, 0.05) is 19.1 Å². The van der Waals surface area contributed by atoms with Crippen molar-refractivity contribution >= 4 is 0 Å². The molecule has 2 aliphatic carbocycles. The molecule has 2 saturated heterocycles. The molecule has 0 aromatic rings. The molecule has 19 heavy (non-hydrogen) atoms. The predicted octanol–water partition coefficient (Wildman–Crippen LogP) is 2.87. The third-order valence-corrected chi connectivity index (χ3v) is 6.73. The van der Waals surface area contributed by atoms with E-state index in [0.717, 1.165) is 29.6 Å². The summed E-state index contributed by atoms with van der Waals surface area (Å²) in [5.74, 6) is 5.04. The second-order valence-corrected chi connectivity index (χ2v) is 8.02. The van der Waals surface area contributed by atoms with Crippen molar-refractivity contribution in [2.24, 2.45) is 35.3 Å². The van der Waals surface area contributed by atoms with Crippen LogP contribution in [0.3, 0.4) is 0 Å². The van der Waals surface area contributed by atoms with E-state index in [2.05, 4.69) is 4.90 Å². The van der Waals surface area contributed by atoms with Gasteiger partial charge in [0.1, 0.15) is 0 Å². The molecule has 4 fully saturated rings. The molecule has 0 aromatic carbocycles. The molecule has 4 rings (SSSR count). The van der Waals surface area contributed by atoms with Crippen molar-refractivity contribution in [3.8, 4) is 0 Å². The zero-order valence-corrected chi connectivity index (χ0v) is 12.3. The summed E-state index contributed by atoms with van der Waals surface area (Å²) in [5, 5.41) is 0. The first kappa shape index (κ1) is 12.6. The van der Waals surface area contributed by atoms with E-state index >= 15 is 0 Å². The van der Waals surface area contributed by atoms with Crippen LogP contribution in [0.4, 0.5) is 0 Å². The Labute approximate surface area is 118 Å². The molecule has 0 amide bonds. The van der Waals surface area contributed by atoms with Crippen molar-refractivity contribution in [3.05, 3.63) is 0 Å². The summed E-state index contributed by atoms with van der Waals surface area (Å²) in [6.07, 6.45) is 11.6. The highest BCUT2D eigenvalue weighted by Gasteiger charge is 2.45. The van der Waals surface area contributed by atoms with Crippen LogP contribution in [0.2, 0.25) is 0 Å². The van der Waals surface area contributed by atoms with Crippen LogP contribution in [-0.2, 0) is 0 Å². The van der Waals surface area contributed by atoms with Gasteiger partial charge in [-0.15, -0.1) is 0 Å². The quantitative estimate of drug-likeness (QED) is 0.787. The fourth-order valence-electron chi connectivity index (χ4n) is 6.23. The van der Waals surface area contributed by atoms with E-state index in [-0.39, 0.29) is 0 Å². The van der Waals surface area contributed by atoms with Crippen LogP contribution in [0.25, 0.3) is 0 Å². The average molecular weight is 262 g/mol. The minimum absolute atomic E-state index is 0.523. The minimum atomic E-state index is 0.523. The summed E-state index contributed by atoms with van der Waals surface area (Å²) < 4.78 is 0. The second kappa shape index (κ2) is 5.04. The smallest absolute Gasteiger partial charge is 0.00443 e. The molecule has 0 radical (unpaired) electrons. The van der Waals surface area contributed by atoms with Crippen LogP contribution in [0.5, 0.6) is 0 Å². The Bertz CT molecular complexity index is 303. The number of nitrogens with two attached hydrogens (primary N) is 1. The fraction of sp³-hybridized carbons (Fsp3) is 1.00. The van der Waals surface area contributed by atoms with Gasteiger partial charge >= 0.3 is 0 Å². The Morgan fingerprint density at radius 1 is 0.789 bits per heavy atom. The van der Waals surface area contributed by atoms with E-state index in [1.54, 1.807) is 6.42 Å². The van der Waals surface area contributed by atoms with Gasteiger partial charge in [0.25, 0.3) is 0 Å². The molecular weight excluding hydrogens is 232 g/mol. The van der Waals surface area contributed by atoms with Gasteiger partial charge in [0.2, 0.25) is 0 Å². The Hall–Kier alpha value is -0.0800. The Balaban J connectivity index is 1.51. The lowest BCUT2D eigenvalue weighted by atomic mass is 9.57. The molecule has 0 aromatic heterocycles. The summed E-state index contributed by atoms with van der Waals surface area (Å²) >= 11 is 0. The monoisotopic (exact) mass is 262 g/mol. The molecule has 0 spiro atoms. The lowest BCUT2D eigenvalue weighted by Crippen LogP contribution is -2.52. The van der Waals surface area contributed by atoms with Crippen molar-refractivity contribution in [1.82, 2.24) is 4.90 Å². The summed E-state index contributed by atoms with van der Waals surface area (Å²) in [5.41, 5.74) is 6.30. The van der Waals surface area contributed by atoms with E-state index in [1.807, 2.05) is 0 Å². The van der Waals surface area contributed by atoms with Crippen LogP contribution in [-0.4, -0.2) is 30.6 Å². The van der Waals surface area contributed by atoms with E-state index in [0.29, 0.717) is 6.04 Å². The van der Waals surface area contributed by atoms with Crippen molar-refractivity contribution in [1.29, 1.82) is 0 Å². The summed E-state index contributed by atoms with van der Waals surface area (Å²) in [6.45, 7) is 4.22. The molecule has 2 heteroatoms. The van der Waals surface area contributed by atoms with Crippen molar-refractivity contribution in [2.45, 2.75) is 57.4 Å². The largest absolute Gasteiger partial charge is 0.328 e. The molecular formula is C17H30N2. The highest BCUT2D eigenvalue weighted by molar-refractivity contribution is 4.97. The molecule has 2 nitrogen and oxygen atoms in total. The van der Waals surface area contributed by atoms with Crippen molar-refractivity contribution in [2.75, 3.05) is 19.6 Å². The first-order chi connectivity index (χ1) is 9.29. The minimum Gasteiger partial charge on any atom is -0.328 e. The van der Waals surface area contributed by atoms with Gasteiger partial charge in [0.15, 0.2) is 0 Å². The van der Waals surface area contributed by atoms with Crippen LogP contribution < -0.4 is 5.73 Å². The first-order valence-electron chi connectivity index (χ1n) is 8.77. The predicted molar refractivity (Wildman–Crippen MR) is 78.8 cm³/mol. The van der Waals surface area contributed by atoms with Gasteiger partial charge in [-0.2, -0.15) is 0 Å². The Kier molecular flexibility index (Phi) is 3.35. The van der Waals surface area contributed by atoms with Crippen molar-refractivity contribution < 1.29 is 0 Å². The molecule has 2 N–H and O–H groups in total. The maximum Gasteiger partial charge on any atom is 0.00443 e. The Morgan fingerprint density at radius 3 is 2.32 bits per heavy atom. The molecule has 2 aliphatic heterocycles. The van der Waals surface area contributed by atoms with Crippen LogP contribution in [0, 0.1) is 29.6 Å². The van der Waals surface area contributed by atoms with Crippen molar-refractivity contribution in [3.63, 3.8) is 0 Å². The SMILES string of the molecule is NC1CC2CCCC(C1)C2C1CC2CCCN(C2)C1. The van der Waals surface area contributed by atoms with E-state index in [9.17, 15) is 0 Å². The third kappa shape index (κ3) is 2.35. The van der Waals surface area contributed by atoms with Crippen LogP contribution >= 0.6 is 0 Å². The van der Waals surface area contributed by atoms with Gasteiger partial charge in [-0.3, -0.25) is 0 Å². The molecule has 5 unspecified atom stereocenters. The highest BCUT2D eigenvalue weighted by atomic mass is 15.1. The zero-order valence-electron chi connectivity index (χ0n) is 12.3. The Morgan fingerprint density at radius 2 is 1.58 bits per heavy atom. The highest BCUT2D eigenvalue weighted by Crippen LogP contribution is 2.50. The number of piperidine rings is 2.